The van der Waals surface area contributed by atoms with E-state index in [2.05, 4.69) is 10.6 Å². The van der Waals surface area contributed by atoms with E-state index >= 15 is 0 Å². The van der Waals surface area contributed by atoms with Gasteiger partial charge in [0.15, 0.2) is 9.84 Å². The molecule has 0 radical (unpaired) electrons. The number of nitrogens with zero attached hydrogens (tertiary/aromatic N) is 1. The summed E-state index contributed by atoms with van der Waals surface area (Å²) in [4.78, 5) is 27.0. The molecule has 4 rings (SSSR count). The third-order valence-electron chi connectivity index (χ3n) is 5.73. The van der Waals surface area contributed by atoms with Crippen LogP contribution in [0.3, 0.4) is 0 Å². The van der Waals surface area contributed by atoms with Crippen LogP contribution in [0.2, 0.25) is 5.02 Å². The number of anilines is 2. The molecule has 2 N–H and O–H groups in total. The number of hydrogen-bond donors (Lipinski definition) is 2. The fourth-order valence-corrected chi connectivity index (χ4v) is 4.78. The average molecular weight is 530 g/mol. The second kappa shape index (κ2) is 10.7. The van der Waals surface area contributed by atoms with Gasteiger partial charge in [0.25, 0.3) is 0 Å². The lowest BCUT2D eigenvalue weighted by Gasteiger charge is -2.23. The normalized spacial score (nSPS) is 13.2. The van der Waals surface area contributed by atoms with Crippen molar-refractivity contribution in [3.05, 3.63) is 77.6 Å². The molecule has 10 heteroatoms. The van der Waals surface area contributed by atoms with Crippen LogP contribution in [-0.2, 0) is 14.6 Å². The van der Waals surface area contributed by atoms with Crippen molar-refractivity contribution in [2.75, 3.05) is 30.0 Å². The first kappa shape index (κ1) is 25.7. The summed E-state index contributed by atoms with van der Waals surface area (Å²) in [6.07, 6.45) is 3.06. The Bertz CT molecular complexity index is 1390. The molecule has 0 heterocycles. The molecule has 3 amide bonds. The minimum absolute atomic E-state index is 0.0648. The molecule has 0 aliphatic heterocycles. The summed E-state index contributed by atoms with van der Waals surface area (Å²) in [5, 5.41) is 5.80. The SMILES string of the molecule is CS(=O)(=O)c1ccccc1-c1ccc(NC(=O)CN(CC2CC2)C(=O)Nc2ccc(Cl)cc2)c(F)c1. The Hall–Kier alpha value is -3.43. The molecule has 36 heavy (non-hydrogen) atoms. The molecule has 1 fully saturated rings. The zero-order valence-corrected chi connectivity index (χ0v) is 21.1. The molecular formula is C26H25ClFN3O4S. The van der Waals surface area contributed by atoms with Crippen LogP contribution in [0.1, 0.15) is 12.8 Å². The third kappa shape index (κ3) is 6.61. The molecule has 0 unspecified atom stereocenters. The molecule has 1 saturated carbocycles. The van der Waals surface area contributed by atoms with Crippen LogP contribution in [0.25, 0.3) is 11.1 Å². The van der Waals surface area contributed by atoms with E-state index in [9.17, 15) is 22.4 Å². The van der Waals surface area contributed by atoms with Crippen molar-refractivity contribution in [1.82, 2.24) is 4.90 Å². The Morgan fingerprint density at radius 2 is 1.72 bits per heavy atom. The molecule has 1 aliphatic carbocycles. The van der Waals surface area contributed by atoms with Gasteiger partial charge in [0.2, 0.25) is 5.91 Å². The van der Waals surface area contributed by atoms with Crippen LogP contribution in [-0.4, -0.2) is 44.6 Å². The lowest BCUT2D eigenvalue weighted by molar-refractivity contribution is -0.116. The largest absolute Gasteiger partial charge is 0.322 e. The highest BCUT2D eigenvalue weighted by Gasteiger charge is 2.28. The number of sulfone groups is 1. The summed E-state index contributed by atoms with van der Waals surface area (Å²) < 4.78 is 39.1. The van der Waals surface area contributed by atoms with Gasteiger partial charge >= 0.3 is 6.03 Å². The lowest BCUT2D eigenvalue weighted by atomic mass is 10.0. The van der Waals surface area contributed by atoms with Crippen LogP contribution >= 0.6 is 11.6 Å². The van der Waals surface area contributed by atoms with E-state index in [1.165, 1.54) is 29.2 Å². The first-order valence-electron chi connectivity index (χ1n) is 11.3. The highest BCUT2D eigenvalue weighted by Crippen LogP contribution is 2.31. The van der Waals surface area contributed by atoms with Gasteiger partial charge in [-0.25, -0.2) is 17.6 Å². The number of carbonyl (C=O) groups is 2. The van der Waals surface area contributed by atoms with Gasteiger partial charge in [-0.05, 0) is 66.8 Å². The van der Waals surface area contributed by atoms with Crippen molar-refractivity contribution >= 4 is 44.8 Å². The van der Waals surface area contributed by atoms with Gasteiger partial charge in [-0.15, -0.1) is 0 Å². The van der Waals surface area contributed by atoms with Crippen LogP contribution in [0.15, 0.2) is 71.6 Å². The summed E-state index contributed by atoms with van der Waals surface area (Å²) in [5.74, 6) is -0.937. The predicted octanol–water partition coefficient (Wildman–Crippen LogP) is 5.43. The summed E-state index contributed by atoms with van der Waals surface area (Å²) in [7, 11) is -3.52. The van der Waals surface area contributed by atoms with E-state index in [-0.39, 0.29) is 17.1 Å². The second-order valence-electron chi connectivity index (χ2n) is 8.77. The molecular weight excluding hydrogens is 505 g/mol. The fraction of sp³-hybridized carbons (Fsp3) is 0.231. The summed E-state index contributed by atoms with van der Waals surface area (Å²) in [5.41, 5.74) is 1.21. The molecule has 0 aromatic heterocycles. The number of amides is 3. The van der Waals surface area contributed by atoms with E-state index in [1.54, 1.807) is 42.5 Å². The Labute approximate surface area is 214 Å². The van der Waals surface area contributed by atoms with Crippen LogP contribution in [0.4, 0.5) is 20.6 Å². The van der Waals surface area contributed by atoms with E-state index in [0.29, 0.717) is 34.3 Å². The maximum atomic E-state index is 14.9. The highest BCUT2D eigenvalue weighted by molar-refractivity contribution is 7.90. The van der Waals surface area contributed by atoms with Gasteiger partial charge in [0.1, 0.15) is 12.4 Å². The number of benzene rings is 3. The smallest absolute Gasteiger partial charge is 0.322 e. The van der Waals surface area contributed by atoms with E-state index in [0.717, 1.165) is 19.1 Å². The average Bonchev–Trinajstić information content (AvgIpc) is 3.65. The number of carbonyl (C=O) groups excluding carboxylic acids is 2. The monoisotopic (exact) mass is 529 g/mol. The zero-order valence-electron chi connectivity index (χ0n) is 19.5. The van der Waals surface area contributed by atoms with Crippen molar-refractivity contribution in [3.8, 4) is 11.1 Å². The Kier molecular flexibility index (Phi) is 7.61. The van der Waals surface area contributed by atoms with Crippen LogP contribution in [0, 0.1) is 11.7 Å². The van der Waals surface area contributed by atoms with Crippen LogP contribution in [0.5, 0.6) is 0 Å². The van der Waals surface area contributed by atoms with E-state index < -0.39 is 27.6 Å². The number of rotatable bonds is 8. The molecule has 0 saturated heterocycles. The minimum atomic E-state index is -3.52. The van der Waals surface area contributed by atoms with Gasteiger partial charge in [-0.1, -0.05) is 35.9 Å². The maximum Gasteiger partial charge on any atom is 0.322 e. The number of hydrogen-bond acceptors (Lipinski definition) is 4. The number of urea groups is 1. The number of nitrogens with one attached hydrogen (secondary N) is 2. The van der Waals surface area contributed by atoms with Gasteiger partial charge in [-0.3, -0.25) is 4.79 Å². The van der Waals surface area contributed by atoms with Crippen molar-refractivity contribution in [2.24, 2.45) is 5.92 Å². The fourth-order valence-electron chi connectivity index (χ4n) is 3.74. The van der Waals surface area contributed by atoms with Crippen molar-refractivity contribution < 1.29 is 22.4 Å². The maximum absolute atomic E-state index is 14.9. The molecule has 188 valence electrons. The third-order valence-corrected chi connectivity index (χ3v) is 7.14. The topological polar surface area (TPSA) is 95.6 Å². The summed E-state index contributed by atoms with van der Waals surface area (Å²) in [6, 6.07) is 16.6. The molecule has 0 bridgehead atoms. The summed E-state index contributed by atoms with van der Waals surface area (Å²) in [6.45, 7) is 0.157. The zero-order chi connectivity index (χ0) is 25.9. The molecule has 3 aromatic carbocycles. The summed E-state index contributed by atoms with van der Waals surface area (Å²) >= 11 is 5.89. The molecule has 1 aliphatic rings. The predicted molar refractivity (Wildman–Crippen MR) is 138 cm³/mol. The Morgan fingerprint density at radius 1 is 1.03 bits per heavy atom. The highest BCUT2D eigenvalue weighted by atomic mass is 35.5. The molecule has 0 atom stereocenters. The van der Waals surface area contributed by atoms with Gasteiger partial charge in [0, 0.05) is 29.1 Å². The standard InChI is InChI=1S/C26H25ClFN3O4S/c1-36(34,35)24-5-3-2-4-21(24)18-8-13-23(22(28)14-18)30-25(32)16-31(15-17-6-7-17)26(33)29-20-11-9-19(27)10-12-20/h2-5,8-14,17H,6-7,15-16H2,1H3,(H,29,33)(H,30,32). The van der Waals surface area contributed by atoms with Crippen LogP contribution < -0.4 is 10.6 Å². The second-order valence-corrected chi connectivity index (χ2v) is 11.2. The van der Waals surface area contributed by atoms with Gasteiger partial charge < -0.3 is 15.5 Å². The minimum Gasteiger partial charge on any atom is -0.322 e. The first-order valence-corrected chi connectivity index (χ1v) is 13.6. The van der Waals surface area contributed by atoms with Crippen molar-refractivity contribution in [2.45, 2.75) is 17.7 Å². The Morgan fingerprint density at radius 3 is 2.36 bits per heavy atom. The molecule has 0 spiro atoms. The van der Waals surface area contributed by atoms with E-state index in [4.69, 9.17) is 11.6 Å². The first-order chi connectivity index (χ1) is 17.1. The van der Waals surface area contributed by atoms with E-state index in [1.807, 2.05) is 0 Å². The van der Waals surface area contributed by atoms with Gasteiger partial charge in [0.05, 0.1) is 10.6 Å². The molecule has 3 aromatic rings. The van der Waals surface area contributed by atoms with Gasteiger partial charge in [-0.2, -0.15) is 0 Å². The lowest BCUT2D eigenvalue weighted by Crippen LogP contribution is -2.41. The quantitative estimate of drug-likeness (QED) is 0.406. The van der Waals surface area contributed by atoms with Crippen molar-refractivity contribution in [3.63, 3.8) is 0 Å². The molecule has 7 nitrogen and oxygen atoms in total. The van der Waals surface area contributed by atoms with Crippen molar-refractivity contribution in [1.29, 1.82) is 0 Å². The number of halogens is 2. The Balaban J connectivity index is 1.46.